The minimum absolute atomic E-state index is 0. The lowest BCUT2D eigenvalue weighted by Crippen LogP contribution is -2.12. The van der Waals surface area contributed by atoms with Crippen LogP contribution in [0.25, 0.3) is 0 Å². The molecular weight excluding hydrogens is 223 g/mol. The number of rotatable bonds is 3. The van der Waals surface area contributed by atoms with Gasteiger partial charge in [-0.2, -0.15) is 0 Å². The average Bonchev–Trinajstić information content (AvgIpc) is 2.17. The maximum absolute atomic E-state index is 12.2. The van der Waals surface area contributed by atoms with E-state index in [4.69, 9.17) is 5.73 Å². The van der Waals surface area contributed by atoms with Crippen LogP contribution >= 0.6 is 12.4 Å². The highest BCUT2D eigenvalue weighted by Crippen LogP contribution is 2.22. The molecule has 0 aliphatic carbocycles. The molecule has 15 heavy (non-hydrogen) atoms. The van der Waals surface area contributed by atoms with Crippen molar-refractivity contribution < 1.29 is 9.31 Å². The van der Waals surface area contributed by atoms with Crippen LogP contribution in [0.2, 0.25) is 0 Å². The van der Waals surface area contributed by atoms with Gasteiger partial charge in [-0.15, -0.1) is 12.4 Å². The number of alkyl halides is 1. The molecular formula is C9H12ClFN2O2. The summed E-state index contributed by atoms with van der Waals surface area (Å²) in [7, 11) is 0. The zero-order chi connectivity index (χ0) is 10.7. The van der Waals surface area contributed by atoms with Crippen LogP contribution in [0.1, 0.15) is 17.2 Å². The Bertz CT molecular complexity index is 360. The lowest BCUT2D eigenvalue weighted by molar-refractivity contribution is -0.385. The molecule has 2 N–H and O–H groups in total. The van der Waals surface area contributed by atoms with Crippen molar-refractivity contribution in [2.75, 3.05) is 6.67 Å². The first-order chi connectivity index (χ1) is 6.56. The maximum Gasteiger partial charge on any atom is 0.272 e. The lowest BCUT2D eigenvalue weighted by Gasteiger charge is -2.07. The zero-order valence-corrected chi connectivity index (χ0v) is 8.96. The van der Waals surface area contributed by atoms with Crippen LogP contribution < -0.4 is 5.73 Å². The fourth-order valence-electron chi connectivity index (χ4n) is 1.14. The highest BCUT2D eigenvalue weighted by Gasteiger charge is 2.14. The van der Waals surface area contributed by atoms with Gasteiger partial charge in [0.25, 0.3) is 5.69 Å². The molecule has 84 valence electrons. The van der Waals surface area contributed by atoms with E-state index in [1.54, 1.807) is 19.1 Å². The maximum atomic E-state index is 12.2. The number of benzene rings is 1. The van der Waals surface area contributed by atoms with E-state index in [1.165, 1.54) is 6.07 Å². The lowest BCUT2D eigenvalue weighted by atomic mass is 10.1. The monoisotopic (exact) mass is 234 g/mol. The second kappa shape index (κ2) is 5.63. The van der Waals surface area contributed by atoms with Crippen LogP contribution in [0.15, 0.2) is 18.2 Å². The molecule has 0 bridgehead atoms. The number of hydrogen-bond acceptors (Lipinski definition) is 3. The predicted molar refractivity (Wildman–Crippen MR) is 58.0 cm³/mol. The molecule has 6 heteroatoms. The average molecular weight is 235 g/mol. The molecule has 0 radical (unpaired) electrons. The number of halogens is 2. The summed E-state index contributed by atoms with van der Waals surface area (Å²) in [6, 6.07) is 3.71. The second-order valence-electron chi connectivity index (χ2n) is 3.06. The van der Waals surface area contributed by atoms with Crippen molar-refractivity contribution in [1.82, 2.24) is 0 Å². The zero-order valence-electron chi connectivity index (χ0n) is 8.14. The third-order valence-corrected chi connectivity index (χ3v) is 2.02. The molecule has 0 unspecified atom stereocenters. The molecule has 0 spiro atoms. The number of nitrogens with two attached hydrogens (primary N) is 1. The summed E-state index contributed by atoms with van der Waals surface area (Å²) in [6.45, 7) is 0.906. The summed E-state index contributed by atoms with van der Waals surface area (Å²) in [6.07, 6.45) is 0. The quantitative estimate of drug-likeness (QED) is 0.644. The first kappa shape index (κ1) is 13.8. The molecule has 1 atom stereocenters. The van der Waals surface area contributed by atoms with E-state index in [2.05, 4.69) is 0 Å². The third kappa shape index (κ3) is 3.14. The van der Waals surface area contributed by atoms with Gasteiger partial charge in [-0.05, 0) is 12.5 Å². The van der Waals surface area contributed by atoms with E-state index in [-0.39, 0.29) is 18.1 Å². The smallest absolute Gasteiger partial charge is 0.272 e. The molecule has 1 rings (SSSR count). The summed E-state index contributed by atoms with van der Waals surface area (Å²) in [4.78, 5) is 10.1. The molecule has 0 fully saturated rings. The van der Waals surface area contributed by atoms with Crippen molar-refractivity contribution in [1.29, 1.82) is 0 Å². The topological polar surface area (TPSA) is 69.2 Å². The van der Waals surface area contributed by atoms with Gasteiger partial charge in [0.05, 0.1) is 11.0 Å². The van der Waals surface area contributed by atoms with Gasteiger partial charge in [-0.3, -0.25) is 10.1 Å². The molecule has 0 saturated heterocycles. The van der Waals surface area contributed by atoms with Crippen molar-refractivity contribution in [3.63, 3.8) is 0 Å². The van der Waals surface area contributed by atoms with E-state index in [0.717, 1.165) is 0 Å². The van der Waals surface area contributed by atoms with Crippen LogP contribution in [-0.4, -0.2) is 11.6 Å². The minimum Gasteiger partial charge on any atom is -0.322 e. The Morgan fingerprint density at radius 1 is 1.60 bits per heavy atom. The van der Waals surface area contributed by atoms with Crippen molar-refractivity contribution in [2.24, 2.45) is 5.73 Å². The van der Waals surface area contributed by atoms with Crippen molar-refractivity contribution in [2.45, 2.75) is 13.0 Å². The number of nitrogens with zero attached hydrogens (tertiary/aromatic N) is 1. The van der Waals surface area contributed by atoms with E-state index < -0.39 is 17.6 Å². The van der Waals surface area contributed by atoms with E-state index >= 15 is 0 Å². The molecule has 4 nitrogen and oxygen atoms in total. The molecule has 0 aliphatic rings. The Balaban J connectivity index is 0.00000196. The van der Waals surface area contributed by atoms with Crippen LogP contribution in [-0.2, 0) is 0 Å². The molecule has 1 aromatic rings. The number of aryl methyl sites for hydroxylation is 1. The van der Waals surface area contributed by atoms with Gasteiger partial charge >= 0.3 is 0 Å². The van der Waals surface area contributed by atoms with Gasteiger partial charge in [-0.25, -0.2) is 4.39 Å². The van der Waals surface area contributed by atoms with Gasteiger partial charge in [0.2, 0.25) is 0 Å². The van der Waals surface area contributed by atoms with E-state index in [9.17, 15) is 14.5 Å². The second-order valence-corrected chi connectivity index (χ2v) is 3.06. The van der Waals surface area contributed by atoms with Gasteiger partial charge in [0, 0.05) is 11.6 Å². The van der Waals surface area contributed by atoms with Gasteiger partial charge in [0.1, 0.15) is 6.67 Å². The Kier molecular flexibility index (Phi) is 5.18. The van der Waals surface area contributed by atoms with Crippen molar-refractivity contribution in [3.8, 4) is 0 Å². The first-order valence-electron chi connectivity index (χ1n) is 4.12. The fraction of sp³-hybridized carbons (Fsp3) is 0.333. The largest absolute Gasteiger partial charge is 0.322 e. The van der Waals surface area contributed by atoms with E-state index in [0.29, 0.717) is 11.1 Å². The Morgan fingerprint density at radius 2 is 2.20 bits per heavy atom. The Hall–Kier alpha value is -1.20. The first-order valence-corrected chi connectivity index (χ1v) is 4.12. The van der Waals surface area contributed by atoms with Crippen LogP contribution in [0.3, 0.4) is 0 Å². The molecule has 0 saturated carbocycles. The summed E-state index contributed by atoms with van der Waals surface area (Å²) in [5.41, 5.74) is 6.39. The SMILES string of the molecule is Cc1ccc([C@@H](N)CF)cc1[N+](=O)[O-].Cl. The minimum atomic E-state index is -0.783. The van der Waals surface area contributed by atoms with Crippen LogP contribution in [0, 0.1) is 17.0 Å². The number of hydrogen-bond donors (Lipinski definition) is 1. The van der Waals surface area contributed by atoms with Gasteiger partial charge in [0.15, 0.2) is 0 Å². The normalized spacial score (nSPS) is 11.7. The number of nitro benzene ring substituents is 1. The highest BCUT2D eigenvalue weighted by molar-refractivity contribution is 5.85. The molecule has 0 aromatic heterocycles. The van der Waals surface area contributed by atoms with E-state index in [1.807, 2.05) is 0 Å². The predicted octanol–water partition coefficient (Wildman–Crippen LogP) is 2.29. The molecule has 0 aliphatic heterocycles. The Morgan fingerprint density at radius 3 is 2.67 bits per heavy atom. The van der Waals surface area contributed by atoms with Crippen molar-refractivity contribution in [3.05, 3.63) is 39.4 Å². The summed E-state index contributed by atoms with van der Waals surface area (Å²) < 4.78 is 12.2. The van der Waals surface area contributed by atoms with Crippen LogP contribution in [0.4, 0.5) is 10.1 Å². The van der Waals surface area contributed by atoms with Crippen LogP contribution in [0.5, 0.6) is 0 Å². The standard InChI is InChI=1S/C9H11FN2O2.ClH/c1-6-2-3-7(8(11)5-10)4-9(6)12(13)14;/h2-4,8H,5,11H2,1H3;1H/t8-;/m0./s1. The Labute approximate surface area is 92.8 Å². The van der Waals surface area contributed by atoms with Gasteiger partial charge in [-0.1, -0.05) is 12.1 Å². The number of nitro groups is 1. The summed E-state index contributed by atoms with van der Waals surface area (Å²) in [5, 5.41) is 10.6. The fourth-order valence-corrected chi connectivity index (χ4v) is 1.14. The highest BCUT2D eigenvalue weighted by atomic mass is 35.5. The molecule has 0 amide bonds. The summed E-state index contributed by atoms with van der Waals surface area (Å²) >= 11 is 0. The van der Waals surface area contributed by atoms with Crippen molar-refractivity contribution >= 4 is 18.1 Å². The molecule has 0 heterocycles. The summed E-state index contributed by atoms with van der Waals surface area (Å²) in [5.74, 6) is 0. The van der Waals surface area contributed by atoms with Gasteiger partial charge < -0.3 is 5.73 Å². The third-order valence-electron chi connectivity index (χ3n) is 2.02. The molecule has 1 aromatic carbocycles.